The lowest BCUT2D eigenvalue weighted by Gasteiger charge is -2.07. The molecule has 10 heteroatoms. The van der Waals surface area contributed by atoms with Crippen molar-refractivity contribution in [3.05, 3.63) is 60.7 Å². The summed E-state index contributed by atoms with van der Waals surface area (Å²) in [5.41, 5.74) is 2.88. The summed E-state index contributed by atoms with van der Waals surface area (Å²) in [6.07, 6.45) is 0. The Morgan fingerprint density at radius 1 is 1.00 bits per heavy atom. The summed E-state index contributed by atoms with van der Waals surface area (Å²) in [5.74, 6) is -0.255. The Kier molecular flexibility index (Phi) is 4.82. The molecule has 2 N–H and O–H groups in total. The van der Waals surface area contributed by atoms with Crippen LogP contribution in [-0.2, 0) is 21.4 Å². The van der Waals surface area contributed by atoms with Gasteiger partial charge in [0.05, 0.1) is 4.90 Å². The average molecular weight is 358 g/mol. The van der Waals surface area contributed by atoms with Crippen LogP contribution in [0, 0.1) is 0 Å². The molecule has 0 spiro atoms. The van der Waals surface area contributed by atoms with Gasteiger partial charge in [-0.05, 0) is 17.3 Å². The largest absolute Gasteiger partial charge is 0.276 e. The minimum absolute atomic E-state index is 0.0422. The first-order valence-electron chi connectivity index (χ1n) is 7.23. The Balaban J connectivity index is 1.59. The highest BCUT2D eigenvalue weighted by Crippen LogP contribution is 2.11. The van der Waals surface area contributed by atoms with E-state index in [4.69, 9.17) is 0 Å². The first-order valence-corrected chi connectivity index (χ1v) is 8.72. The van der Waals surface area contributed by atoms with E-state index in [1.165, 1.54) is 12.1 Å². The molecule has 3 rings (SSSR count). The highest BCUT2D eigenvalue weighted by Gasteiger charge is 2.15. The van der Waals surface area contributed by atoms with Crippen molar-refractivity contribution >= 4 is 15.9 Å². The summed E-state index contributed by atoms with van der Waals surface area (Å²) in [7, 11) is -3.83. The maximum atomic E-state index is 12.0. The number of hydrazine groups is 1. The number of sulfonamides is 1. The van der Waals surface area contributed by atoms with Gasteiger partial charge in [0.25, 0.3) is 15.9 Å². The SMILES string of the molecule is O=C(Cn1nnc(-c2ccccc2)n1)NNS(=O)(=O)c1ccccc1. The highest BCUT2D eigenvalue weighted by molar-refractivity contribution is 7.89. The molecular formula is C15H14N6O3S. The maximum absolute atomic E-state index is 12.0. The molecule has 0 aliphatic rings. The fraction of sp³-hybridized carbons (Fsp3) is 0.0667. The first-order chi connectivity index (χ1) is 12.0. The molecule has 25 heavy (non-hydrogen) atoms. The number of carbonyl (C=O) groups is 1. The lowest BCUT2D eigenvalue weighted by atomic mass is 10.2. The van der Waals surface area contributed by atoms with E-state index in [1.54, 1.807) is 18.2 Å². The minimum Gasteiger partial charge on any atom is -0.276 e. The number of nitrogens with zero attached hydrogens (tertiary/aromatic N) is 4. The quantitative estimate of drug-likeness (QED) is 0.614. The number of nitrogens with one attached hydrogen (secondary N) is 2. The molecule has 0 fully saturated rings. The van der Waals surface area contributed by atoms with E-state index in [-0.39, 0.29) is 11.4 Å². The van der Waals surface area contributed by atoms with Crippen molar-refractivity contribution in [2.45, 2.75) is 11.4 Å². The third-order valence-electron chi connectivity index (χ3n) is 3.15. The number of tetrazole rings is 1. The molecule has 1 aromatic heterocycles. The normalized spacial score (nSPS) is 11.2. The molecule has 128 valence electrons. The van der Waals surface area contributed by atoms with Gasteiger partial charge in [0, 0.05) is 5.56 Å². The summed E-state index contributed by atoms with van der Waals surface area (Å²) < 4.78 is 24.0. The Labute approximate surface area is 143 Å². The molecular weight excluding hydrogens is 344 g/mol. The second kappa shape index (κ2) is 7.20. The lowest BCUT2D eigenvalue weighted by molar-refractivity contribution is -0.122. The zero-order chi connectivity index (χ0) is 17.7. The summed E-state index contributed by atoms with van der Waals surface area (Å²) in [6, 6.07) is 16.9. The molecule has 0 unspecified atom stereocenters. The number of hydrogen-bond acceptors (Lipinski definition) is 6. The van der Waals surface area contributed by atoms with E-state index in [9.17, 15) is 13.2 Å². The Morgan fingerprint density at radius 3 is 2.32 bits per heavy atom. The van der Waals surface area contributed by atoms with E-state index in [0.717, 1.165) is 10.4 Å². The summed E-state index contributed by atoms with van der Waals surface area (Å²) in [4.78, 5) is 15.0. The zero-order valence-electron chi connectivity index (χ0n) is 12.9. The van der Waals surface area contributed by atoms with E-state index in [1.807, 2.05) is 35.2 Å². The second-order valence-electron chi connectivity index (χ2n) is 4.98. The van der Waals surface area contributed by atoms with Crippen LogP contribution in [0.5, 0.6) is 0 Å². The smallest absolute Gasteiger partial charge is 0.258 e. The number of hydrogen-bond donors (Lipinski definition) is 2. The Bertz CT molecular complexity index is 957. The van der Waals surface area contributed by atoms with E-state index in [0.29, 0.717) is 5.82 Å². The fourth-order valence-electron chi connectivity index (χ4n) is 1.96. The average Bonchev–Trinajstić information content (AvgIpc) is 3.10. The lowest BCUT2D eigenvalue weighted by Crippen LogP contribution is -2.43. The molecule has 0 saturated carbocycles. The molecule has 0 bridgehead atoms. The predicted molar refractivity (Wildman–Crippen MR) is 88.2 cm³/mol. The molecule has 2 aromatic carbocycles. The van der Waals surface area contributed by atoms with Crippen molar-refractivity contribution in [3.63, 3.8) is 0 Å². The van der Waals surface area contributed by atoms with Crippen molar-refractivity contribution < 1.29 is 13.2 Å². The second-order valence-corrected chi connectivity index (χ2v) is 6.66. The van der Waals surface area contributed by atoms with Crippen molar-refractivity contribution in [1.29, 1.82) is 0 Å². The molecule has 0 atom stereocenters. The summed E-state index contributed by atoms with van der Waals surface area (Å²) in [6.45, 7) is -0.281. The third-order valence-corrected chi connectivity index (χ3v) is 4.41. The monoisotopic (exact) mass is 358 g/mol. The van der Waals surface area contributed by atoms with Gasteiger partial charge in [0.15, 0.2) is 0 Å². The minimum atomic E-state index is -3.83. The van der Waals surface area contributed by atoms with Crippen LogP contribution in [0.4, 0.5) is 0 Å². The van der Waals surface area contributed by atoms with Gasteiger partial charge in [-0.15, -0.1) is 15.0 Å². The van der Waals surface area contributed by atoms with Crippen LogP contribution >= 0.6 is 0 Å². The molecule has 1 heterocycles. The van der Waals surface area contributed by atoms with E-state index in [2.05, 4.69) is 20.8 Å². The molecule has 0 radical (unpaired) electrons. The predicted octanol–water partition coefficient (Wildman–Crippen LogP) is 0.350. The van der Waals surface area contributed by atoms with Gasteiger partial charge in [-0.1, -0.05) is 48.5 Å². The van der Waals surface area contributed by atoms with Crippen LogP contribution in [0.3, 0.4) is 0 Å². The van der Waals surface area contributed by atoms with Crippen LogP contribution in [0.1, 0.15) is 0 Å². The van der Waals surface area contributed by atoms with Crippen molar-refractivity contribution in [2.24, 2.45) is 0 Å². The van der Waals surface area contributed by atoms with E-state index < -0.39 is 15.9 Å². The van der Waals surface area contributed by atoms with Gasteiger partial charge in [0.1, 0.15) is 6.54 Å². The van der Waals surface area contributed by atoms with Crippen molar-refractivity contribution in [3.8, 4) is 11.4 Å². The van der Waals surface area contributed by atoms with Crippen LogP contribution in [-0.4, -0.2) is 34.5 Å². The highest BCUT2D eigenvalue weighted by atomic mass is 32.2. The summed E-state index contributed by atoms with van der Waals surface area (Å²) in [5, 5.41) is 11.7. The van der Waals surface area contributed by atoms with Gasteiger partial charge in [-0.2, -0.15) is 4.80 Å². The number of aromatic nitrogens is 4. The van der Waals surface area contributed by atoms with Crippen LogP contribution in [0.2, 0.25) is 0 Å². The van der Waals surface area contributed by atoms with Crippen LogP contribution < -0.4 is 10.3 Å². The number of rotatable bonds is 6. The Hall–Kier alpha value is -3.11. The number of carbonyl (C=O) groups excluding carboxylic acids is 1. The van der Waals surface area contributed by atoms with Crippen LogP contribution in [0.25, 0.3) is 11.4 Å². The summed E-state index contributed by atoms with van der Waals surface area (Å²) >= 11 is 0. The molecule has 0 saturated heterocycles. The van der Waals surface area contributed by atoms with Gasteiger partial charge >= 0.3 is 0 Å². The molecule has 0 aliphatic heterocycles. The number of benzene rings is 2. The molecule has 9 nitrogen and oxygen atoms in total. The van der Waals surface area contributed by atoms with Crippen molar-refractivity contribution in [1.82, 2.24) is 30.5 Å². The third kappa shape index (κ3) is 4.25. The molecule has 1 amide bonds. The topological polar surface area (TPSA) is 119 Å². The van der Waals surface area contributed by atoms with Gasteiger partial charge in [0.2, 0.25) is 5.82 Å². The first kappa shape index (κ1) is 16.7. The standard InChI is InChI=1S/C15H14N6O3S/c22-14(16-20-25(23,24)13-9-5-2-6-10-13)11-21-18-15(17-19-21)12-7-3-1-4-8-12/h1-10,20H,11H2,(H,16,22). The zero-order valence-corrected chi connectivity index (χ0v) is 13.7. The molecule has 0 aliphatic carbocycles. The fourth-order valence-corrected chi connectivity index (χ4v) is 2.85. The van der Waals surface area contributed by atoms with Crippen molar-refractivity contribution in [2.75, 3.05) is 0 Å². The Morgan fingerprint density at radius 2 is 1.64 bits per heavy atom. The maximum Gasteiger partial charge on any atom is 0.258 e. The van der Waals surface area contributed by atoms with Crippen LogP contribution in [0.15, 0.2) is 65.6 Å². The molecule has 3 aromatic rings. The van der Waals surface area contributed by atoms with Gasteiger partial charge in [-0.3, -0.25) is 10.2 Å². The van der Waals surface area contributed by atoms with Gasteiger partial charge in [-0.25, -0.2) is 8.42 Å². The van der Waals surface area contributed by atoms with E-state index >= 15 is 0 Å². The van der Waals surface area contributed by atoms with Gasteiger partial charge < -0.3 is 0 Å². The number of amides is 1.